The van der Waals surface area contributed by atoms with Crippen LogP contribution in [0.25, 0.3) is 0 Å². The molecule has 0 aliphatic rings. The maximum absolute atomic E-state index is 11.5. The van der Waals surface area contributed by atoms with Gasteiger partial charge in [-0.2, -0.15) is 11.3 Å². The molecule has 1 N–H and O–H groups in total. The van der Waals surface area contributed by atoms with Gasteiger partial charge in [-0.05, 0) is 27.8 Å². The first-order chi connectivity index (χ1) is 7.42. The van der Waals surface area contributed by atoms with Crippen LogP contribution >= 0.6 is 19.6 Å². The van der Waals surface area contributed by atoms with Crippen LogP contribution in [0.4, 0.5) is 0 Å². The van der Waals surface area contributed by atoms with E-state index in [9.17, 15) is 9.36 Å². The van der Waals surface area contributed by atoms with E-state index in [1.807, 2.05) is 30.7 Å². The van der Waals surface area contributed by atoms with Crippen LogP contribution in [0, 0.1) is 0 Å². The Morgan fingerprint density at radius 3 is 2.81 bits per heavy atom. The maximum atomic E-state index is 11.5. The van der Waals surface area contributed by atoms with Crippen LogP contribution in [0.5, 0.6) is 0 Å². The second-order valence-corrected chi connectivity index (χ2v) is 5.64. The highest BCUT2D eigenvalue weighted by atomic mass is 32.1. The summed E-state index contributed by atoms with van der Waals surface area (Å²) in [6.45, 7) is 3.62. The zero-order chi connectivity index (χ0) is 12.2. The fraction of sp³-hybridized carbons (Fsp3) is 0.500. The molecule has 16 heavy (non-hydrogen) atoms. The molecule has 0 bridgehead atoms. The third-order valence-electron chi connectivity index (χ3n) is 2.28. The van der Waals surface area contributed by atoms with E-state index in [0.717, 1.165) is 5.56 Å². The minimum absolute atomic E-state index is 0.173. The number of carbonyl (C=O) groups excluding carboxylic acids is 1. The van der Waals surface area contributed by atoms with Crippen molar-refractivity contribution >= 4 is 25.4 Å². The highest BCUT2D eigenvalue weighted by Crippen LogP contribution is 2.29. The summed E-state index contributed by atoms with van der Waals surface area (Å²) < 4.78 is 14.7. The largest absolute Gasteiger partial charge is 0.695 e. The summed E-state index contributed by atoms with van der Waals surface area (Å²) in [5.74, 6) is -0.173. The van der Waals surface area contributed by atoms with Gasteiger partial charge in [0.15, 0.2) is 12.4 Å². The van der Waals surface area contributed by atoms with Crippen molar-refractivity contribution in [3.05, 3.63) is 22.4 Å². The highest BCUT2D eigenvalue weighted by Gasteiger charge is 2.26. The third-order valence-corrected chi connectivity index (χ3v) is 3.31. The molecule has 0 spiro atoms. The lowest BCUT2D eigenvalue weighted by molar-refractivity contribution is -0.122. The van der Waals surface area contributed by atoms with Gasteiger partial charge in [0.25, 0.3) is 0 Å². The van der Waals surface area contributed by atoms with Gasteiger partial charge in [0.05, 0.1) is 0 Å². The molecule has 0 aliphatic carbocycles. The average Bonchev–Trinajstić information content (AvgIpc) is 2.67. The summed E-state index contributed by atoms with van der Waals surface area (Å²) >= 11 is 1.58. The monoisotopic (exact) mass is 261 g/mol. The van der Waals surface area contributed by atoms with Crippen molar-refractivity contribution in [3.8, 4) is 0 Å². The van der Waals surface area contributed by atoms with E-state index in [1.165, 1.54) is 0 Å². The molecule has 1 heterocycles. The molecule has 0 radical (unpaired) electrons. The molecule has 4 nitrogen and oxygen atoms in total. The Morgan fingerprint density at radius 1 is 1.62 bits per heavy atom. The van der Waals surface area contributed by atoms with Gasteiger partial charge < -0.3 is 0 Å². The number of ketones is 1. The highest BCUT2D eigenvalue weighted by molar-refractivity contribution is 7.32. The van der Waals surface area contributed by atoms with E-state index >= 15 is 0 Å². The van der Waals surface area contributed by atoms with Crippen molar-refractivity contribution in [3.63, 3.8) is 0 Å². The first-order valence-corrected chi connectivity index (χ1v) is 6.82. The van der Waals surface area contributed by atoms with Crippen molar-refractivity contribution in [1.82, 2.24) is 0 Å². The second kappa shape index (κ2) is 5.64. The summed E-state index contributed by atoms with van der Waals surface area (Å²) in [6.07, 6.45) is 0.299. The van der Waals surface area contributed by atoms with Crippen LogP contribution < -0.4 is 0 Å². The van der Waals surface area contributed by atoms with E-state index in [1.54, 1.807) is 11.3 Å². The normalized spacial score (nSPS) is 12.6. The summed E-state index contributed by atoms with van der Waals surface area (Å²) in [7, 11) is -2.69. The van der Waals surface area contributed by atoms with E-state index in [0.29, 0.717) is 6.42 Å². The lowest BCUT2D eigenvalue weighted by atomic mass is 9.82. The molecule has 0 fully saturated rings. The molecule has 1 atom stereocenters. The topological polar surface area (TPSA) is 63.6 Å². The molecule has 0 aromatic carbocycles. The molecular formula is C10H14O4PS+. The molecule has 1 rings (SSSR count). The van der Waals surface area contributed by atoms with Crippen molar-refractivity contribution in [2.24, 2.45) is 0 Å². The van der Waals surface area contributed by atoms with Gasteiger partial charge in [-0.15, -0.1) is 9.42 Å². The van der Waals surface area contributed by atoms with Crippen LogP contribution in [0.3, 0.4) is 0 Å². The zero-order valence-corrected chi connectivity index (χ0v) is 10.9. The van der Waals surface area contributed by atoms with Crippen molar-refractivity contribution in [2.75, 3.05) is 6.61 Å². The van der Waals surface area contributed by atoms with Crippen LogP contribution in [0.15, 0.2) is 16.8 Å². The number of rotatable bonds is 6. The van der Waals surface area contributed by atoms with Crippen LogP contribution in [0.2, 0.25) is 0 Å². The molecular weight excluding hydrogens is 247 g/mol. The van der Waals surface area contributed by atoms with Gasteiger partial charge in [-0.25, -0.2) is 0 Å². The molecule has 0 saturated carbocycles. The second-order valence-electron chi connectivity index (χ2n) is 4.12. The van der Waals surface area contributed by atoms with Gasteiger partial charge >= 0.3 is 8.25 Å². The SMILES string of the molecule is CC(C)(CC(=O)CO[P+](=O)O)c1ccsc1. The third kappa shape index (κ3) is 4.10. The molecule has 1 aromatic rings. The molecule has 1 aromatic heterocycles. The Hall–Kier alpha value is -0.610. The number of hydrogen-bond donors (Lipinski definition) is 1. The van der Waals surface area contributed by atoms with Crippen LogP contribution in [-0.2, 0) is 19.3 Å². The quantitative estimate of drug-likeness (QED) is 0.799. The summed E-state index contributed by atoms with van der Waals surface area (Å²) in [6, 6.07) is 1.98. The number of Topliss-reactive ketones (excluding diaryl/α,β-unsaturated/α-hetero) is 1. The van der Waals surface area contributed by atoms with Gasteiger partial charge in [0.1, 0.15) is 0 Å². The van der Waals surface area contributed by atoms with Gasteiger partial charge in [-0.3, -0.25) is 4.79 Å². The fourth-order valence-electron chi connectivity index (χ4n) is 1.42. The molecule has 0 amide bonds. The maximum Gasteiger partial charge on any atom is 0.695 e. The molecule has 0 saturated heterocycles. The Morgan fingerprint density at radius 2 is 2.31 bits per heavy atom. The van der Waals surface area contributed by atoms with Crippen LogP contribution in [-0.4, -0.2) is 17.3 Å². The Kier molecular flexibility index (Phi) is 4.74. The van der Waals surface area contributed by atoms with E-state index < -0.39 is 8.25 Å². The van der Waals surface area contributed by atoms with Gasteiger partial charge in [0, 0.05) is 11.0 Å². The first-order valence-electron chi connectivity index (χ1n) is 4.75. The van der Waals surface area contributed by atoms with Crippen molar-refractivity contribution < 1.29 is 18.8 Å². The first kappa shape index (κ1) is 13.5. The van der Waals surface area contributed by atoms with Gasteiger partial charge in [0.2, 0.25) is 0 Å². The zero-order valence-electron chi connectivity index (χ0n) is 9.17. The van der Waals surface area contributed by atoms with E-state index in [2.05, 4.69) is 4.52 Å². The number of carbonyl (C=O) groups is 1. The lowest BCUT2D eigenvalue weighted by Gasteiger charge is -2.22. The Balaban J connectivity index is 2.53. The van der Waals surface area contributed by atoms with Gasteiger partial charge in [-0.1, -0.05) is 13.8 Å². The molecule has 1 unspecified atom stereocenters. The molecule has 88 valence electrons. The van der Waals surface area contributed by atoms with Crippen molar-refractivity contribution in [2.45, 2.75) is 25.7 Å². The summed E-state index contributed by atoms with van der Waals surface area (Å²) in [5.41, 5.74) is 0.834. The fourth-order valence-corrected chi connectivity index (χ4v) is 2.53. The smallest absolute Gasteiger partial charge is 0.297 e. The number of hydrogen-bond acceptors (Lipinski definition) is 4. The number of thiophene rings is 1. The van der Waals surface area contributed by atoms with E-state index in [-0.39, 0.29) is 17.8 Å². The van der Waals surface area contributed by atoms with Crippen molar-refractivity contribution in [1.29, 1.82) is 0 Å². The minimum Gasteiger partial charge on any atom is -0.297 e. The predicted octanol–water partition coefficient (Wildman–Crippen LogP) is 2.65. The molecule has 0 aliphatic heterocycles. The summed E-state index contributed by atoms with van der Waals surface area (Å²) in [4.78, 5) is 19.9. The average molecular weight is 261 g/mol. The Bertz CT molecular complexity index is 372. The van der Waals surface area contributed by atoms with E-state index in [4.69, 9.17) is 4.89 Å². The predicted molar refractivity (Wildman–Crippen MR) is 62.7 cm³/mol. The van der Waals surface area contributed by atoms with Crippen LogP contribution in [0.1, 0.15) is 25.8 Å². The standard InChI is InChI=1S/C10H13O4PS/c1-10(2,8-3-4-16-7-8)5-9(11)6-14-15(12)13/h3-4,7H,5-6H2,1-2H3/p+1. The minimum atomic E-state index is -2.69. The lowest BCUT2D eigenvalue weighted by Crippen LogP contribution is -2.23. The Labute approximate surface area is 99.2 Å². The summed E-state index contributed by atoms with van der Waals surface area (Å²) in [5, 5.41) is 3.96. The molecule has 6 heteroatoms.